The number of imidazole rings is 1. The molecule has 28 heavy (non-hydrogen) atoms. The molecule has 1 unspecified atom stereocenters. The molecule has 1 aliphatic heterocycles. The minimum Gasteiger partial charge on any atom is -0.391 e. The first-order valence-electron chi connectivity index (χ1n) is 9.51. The molecule has 7 nitrogen and oxygen atoms in total. The van der Waals surface area contributed by atoms with Gasteiger partial charge in [-0.2, -0.15) is 0 Å². The lowest BCUT2D eigenvalue weighted by atomic mass is 9.87. The van der Waals surface area contributed by atoms with Crippen LogP contribution in [0.25, 0.3) is 5.65 Å². The lowest BCUT2D eigenvalue weighted by molar-refractivity contribution is 0.102. The standard InChI is InChI=1S/C21H25N5O2/c1-21(2,3)15-6-4-14(5-7-15)20(28)23-17-13-26-18(22-17)8-9-19(24-26)25-11-10-16(27)12-25/h4-9,13,16,27H,10-12H2,1-3H3,(H,23,28). The SMILES string of the molecule is CC(C)(C)c1ccc(C(=O)Nc2cn3nc(N4CCC(O)C4)ccc3n2)cc1. The number of hydrogen-bond acceptors (Lipinski definition) is 5. The summed E-state index contributed by atoms with van der Waals surface area (Å²) in [5.41, 5.74) is 2.47. The Labute approximate surface area is 164 Å². The average Bonchev–Trinajstić information content (AvgIpc) is 3.26. The average molecular weight is 379 g/mol. The Morgan fingerprint density at radius 2 is 1.93 bits per heavy atom. The summed E-state index contributed by atoms with van der Waals surface area (Å²) in [6.07, 6.45) is 2.14. The number of anilines is 2. The summed E-state index contributed by atoms with van der Waals surface area (Å²) in [5, 5.41) is 17.1. The van der Waals surface area contributed by atoms with Crippen LogP contribution in [0.15, 0.2) is 42.6 Å². The van der Waals surface area contributed by atoms with Gasteiger partial charge in [0.25, 0.3) is 5.91 Å². The van der Waals surface area contributed by atoms with Gasteiger partial charge in [-0.1, -0.05) is 32.9 Å². The number of rotatable bonds is 3. The third-order valence-electron chi connectivity index (χ3n) is 5.05. The van der Waals surface area contributed by atoms with E-state index in [0.29, 0.717) is 23.6 Å². The monoisotopic (exact) mass is 379 g/mol. The molecule has 2 aromatic heterocycles. The van der Waals surface area contributed by atoms with Gasteiger partial charge in [0.2, 0.25) is 0 Å². The van der Waals surface area contributed by atoms with Crippen LogP contribution in [-0.4, -0.2) is 44.8 Å². The smallest absolute Gasteiger partial charge is 0.256 e. The number of nitrogens with one attached hydrogen (secondary N) is 1. The maximum atomic E-state index is 12.5. The predicted molar refractivity (Wildman–Crippen MR) is 109 cm³/mol. The molecule has 1 amide bonds. The number of carbonyl (C=O) groups excluding carboxylic acids is 1. The van der Waals surface area contributed by atoms with Crippen LogP contribution < -0.4 is 10.2 Å². The molecule has 2 N–H and O–H groups in total. The Kier molecular flexibility index (Phi) is 4.55. The maximum Gasteiger partial charge on any atom is 0.256 e. The molecule has 1 atom stereocenters. The quantitative estimate of drug-likeness (QED) is 0.731. The second kappa shape index (κ2) is 6.91. The molecule has 7 heteroatoms. The van der Waals surface area contributed by atoms with E-state index in [4.69, 9.17) is 0 Å². The molecule has 1 fully saturated rings. The molecule has 1 aliphatic rings. The van der Waals surface area contributed by atoms with Crippen molar-refractivity contribution in [3.8, 4) is 0 Å². The van der Waals surface area contributed by atoms with Crippen molar-refractivity contribution in [2.24, 2.45) is 0 Å². The topological polar surface area (TPSA) is 82.8 Å². The van der Waals surface area contributed by atoms with Crippen molar-refractivity contribution in [1.29, 1.82) is 0 Å². The second-order valence-electron chi connectivity index (χ2n) is 8.29. The minimum absolute atomic E-state index is 0.0470. The van der Waals surface area contributed by atoms with E-state index < -0.39 is 0 Å². The molecule has 0 saturated carbocycles. The zero-order chi connectivity index (χ0) is 19.9. The number of carbonyl (C=O) groups is 1. The Bertz CT molecular complexity index is 1000. The number of β-amino-alcohol motifs (C(OH)–C–C–N with tert-alkyl or cyclic N) is 1. The van der Waals surface area contributed by atoms with Crippen LogP contribution in [0.4, 0.5) is 11.6 Å². The zero-order valence-corrected chi connectivity index (χ0v) is 16.4. The highest BCUT2D eigenvalue weighted by Gasteiger charge is 2.22. The van der Waals surface area contributed by atoms with E-state index in [9.17, 15) is 9.90 Å². The summed E-state index contributed by atoms with van der Waals surface area (Å²) in [6, 6.07) is 11.4. The first-order valence-corrected chi connectivity index (χ1v) is 9.51. The fraction of sp³-hybridized carbons (Fsp3) is 0.381. The summed E-state index contributed by atoms with van der Waals surface area (Å²) in [4.78, 5) is 19.0. The molecule has 0 spiro atoms. The molecule has 0 bridgehead atoms. The highest BCUT2D eigenvalue weighted by molar-refractivity contribution is 6.03. The number of amides is 1. The Balaban J connectivity index is 1.50. The van der Waals surface area contributed by atoms with Crippen molar-refractivity contribution >= 4 is 23.2 Å². The van der Waals surface area contributed by atoms with Gasteiger partial charge in [0, 0.05) is 18.7 Å². The summed E-state index contributed by atoms with van der Waals surface area (Å²) < 4.78 is 1.65. The van der Waals surface area contributed by atoms with E-state index in [1.54, 1.807) is 10.7 Å². The van der Waals surface area contributed by atoms with Crippen molar-refractivity contribution in [1.82, 2.24) is 14.6 Å². The van der Waals surface area contributed by atoms with Gasteiger partial charge in [-0.3, -0.25) is 4.79 Å². The van der Waals surface area contributed by atoms with E-state index in [2.05, 4.69) is 36.2 Å². The van der Waals surface area contributed by atoms with Crippen molar-refractivity contribution in [3.63, 3.8) is 0 Å². The molecule has 146 valence electrons. The molecule has 4 rings (SSSR count). The molecule has 1 aromatic carbocycles. The number of aliphatic hydroxyl groups is 1. The van der Waals surface area contributed by atoms with Gasteiger partial charge in [-0.05, 0) is 41.7 Å². The molecule has 0 aliphatic carbocycles. The molecular formula is C21H25N5O2. The number of nitrogens with zero attached hydrogens (tertiary/aromatic N) is 4. The number of aromatic nitrogens is 3. The van der Waals surface area contributed by atoms with E-state index in [-0.39, 0.29) is 17.4 Å². The van der Waals surface area contributed by atoms with Crippen LogP contribution in [0.5, 0.6) is 0 Å². The first-order chi connectivity index (χ1) is 13.3. The zero-order valence-electron chi connectivity index (χ0n) is 16.4. The van der Waals surface area contributed by atoms with Crippen LogP contribution in [0.3, 0.4) is 0 Å². The second-order valence-corrected chi connectivity index (χ2v) is 8.29. The number of aliphatic hydroxyl groups excluding tert-OH is 1. The van der Waals surface area contributed by atoms with Gasteiger partial charge in [-0.25, -0.2) is 9.50 Å². The summed E-state index contributed by atoms with van der Waals surface area (Å²) in [5.74, 6) is 1.04. The van der Waals surface area contributed by atoms with Gasteiger partial charge in [0.1, 0.15) is 5.82 Å². The molecule has 3 heterocycles. The summed E-state index contributed by atoms with van der Waals surface area (Å²) >= 11 is 0. The number of hydrogen-bond donors (Lipinski definition) is 2. The van der Waals surface area contributed by atoms with Crippen molar-refractivity contribution < 1.29 is 9.90 Å². The van der Waals surface area contributed by atoms with Gasteiger partial charge < -0.3 is 15.3 Å². The molecule has 0 radical (unpaired) electrons. The third-order valence-corrected chi connectivity index (χ3v) is 5.05. The predicted octanol–water partition coefficient (Wildman–Crippen LogP) is 2.85. The van der Waals surface area contributed by atoms with E-state index in [1.165, 1.54) is 5.56 Å². The minimum atomic E-state index is -0.306. The summed E-state index contributed by atoms with van der Waals surface area (Å²) in [7, 11) is 0. The van der Waals surface area contributed by atoms with E-state index >= 15 is 0 Å². The Morgan fingerprint density at radius 1 is 1.18 bits per heavy atom. The van der Waals surface area contributed by atoms with Gasteiger partial charge in [0.05, 0.1) is 12.3 Å². The number of benzene rings is 1. The van der Waals surface area contributed by atoms with Crippen molar-refractivity contribution in [2.75, 3.05) is 23.3 Å². The molecular weight excluding hydrogens is 354 g/mol. The van der Waals surface area contributed by atoms with Crippen LogP contribution in [0.2, 0.25) is 0 Å². The number of fused-ring (bicyclic) bond motifs is 1. The molecule has 1 saturated heterocycles. The van der Waals surface area contributed by atoms with Gasteiger partial charge in [0.15, 0.2) is 11.5 Å². The van der Waals surface area contributed by atoms with E-state index in [1.807, 2.05) is 41.3 Å². The maximum absolute atomic E-state index is 12.5. The highest BCUT2D eigenvalue weighted by Crippen LogP contribution is 2.23. The Morgan fingerprint density at radius 3 is 2.57 bits per heavy atom. The lowest BCUT2D eigenvalue weighted by Crippen LogP contribution is -2.22. The highest BCUT2D eigenvalue weighted by atomic mass is 16.3. The van der Waals surface area contributed by atoms with Gasteiger partial charge in [-0.15, -0.1) is 5.10 Å². The third kappa shape index (κ3) is 3.71. The summed E-state index contributed by atoms with van der Waals surface area (Å²) in [6.45, 7) is 7.79. The Hall–Kier alpha value is -2.93. The lowest BCUT2D eigenvalue weighted by Gasteiger charge is -2.18. The van der Waals surface area contributed by atoms with E-state index in [0.717, 1.165) is 18.8 Å². The van der Waals surface area contributed by atoms with Crippen molar-refractivity contribution in [2.45, 2.75) is 38.7 Å². The van der Waals surface area contributed by atoms with Crippen LogP contribution >= 0.6 is 0 Å². The fourth-order valence-corrected chi connectivity index (χ4v) is 3.36. The fourth-order valence-electron chi connectivity index (χ4n) is 3.36. The van der Waals surface area contributed by atoms with Crippen LogP contribution in [0.1, 0.15) is 43.1 Å². The largest absolute Gasteiger partial charge is 0.391 e. The van der Waals surface area contributed by atoms with Crippen LogP contribution in [-0.2, 0) is 5.41 Å². The van der Waals surface area contributed by atoms with Crippen LogP contribution in [0, 0.1) is 0 Å². The first kappa shape index (κ1) is 18.4. The molecule has 3 aromatic rings. The van der Waals surface area contributed by atoms with Gasteiger partial charge >= 0.3 is 0 Å². The van der Waals surface area contributed by atoms with Crippen molar-refractivity contribution in [3.05, 3.63) is 53.7 Å². The normalized spacial score (nSPS) is 17.3.